The number of aromatic nitrogens is 4. The molecule has 38 heavy (non-hydrogen) atoms. The molecular formula is C23H26ClF3N6O5. The average molecular weight is 559 g/mol. The topological polar surface area (TPSA) is 143 Å². The number of halogens is 4. The number of carbonyl (C=O) groups is 2. The van der Waals surface area contributed by atoms with Crippen molar-refractivity contribution in [3.8, 4) is 5.75 Å². The molecule has 0 radical (unpaired) electrons. The molecule has 0 spiro atoms. The number of hydrogen-bond acceptors (Lipinski definition) is 8. The van der Waals surface area contributed by atoms with Crippen molar-refractivity contribution in [1.29, 1.82) is 0 Å². The number of ether oxygens (including phenoxy) is 2. The van der Waals surface area contributed by atoms with Crippen molar-refractivity contribution in [3.63, 3.8) is 0 Å². The van der Waals surface area contributed by atoms with E-state index in [9.17, 15) is 18.0 Å². The minimum atomic E-state index is -5.08. The number of aromatic amines is 1. The Morgan fingerprint density at radius 2 is 2.05 bits per heavy atom. The highest BCUT2D eigenvalue weighted by Crippen LogP contribution is 2.41. The Hall–Kier alpha value is -3.81. The van der Waals surface area contributed by atoms with Gasteiger partial charge in [0, 0.05) is 23.2 Å². The molecule has 1 atom stereocenters. The minimum Gasteiger partial charge on any atom is -0.496 e. The highest BCUT2D eigenvalue weighted by molar-refractivity contribution is 6.31. The van der Waals surface area contributed by atoms with Gasteiger partial charge in [-0.25, -0.2) is 24.5 Å². The van der Waals surface area contributed by atoms with Crippen LogP contribution in [-0.4, -0.2) is 74.4 Å². The third-order valence-corrected chi connectivity index (χ3v) is 6.13. The van der Waals surface area contributed by atoms with Gasteiger partial charge in [-0.1, -0.05) is 11.6 Å². The fraction of sp³-hybridized carbons (Fsp3) is 0.435. The van der Waals surface area contributed by atoms with E-state index < -0.39 is 18.2 Å². The normalized spacial score (nSPS) is 15.3. The number of rotatable bonds is 7. The number of anilines is 1. The molecule has 1 saturated heterocycles. The molecule has 1 aromatic carbocycles. The van der Waals surface area contributed by atoms with Gasteiger partial charge in [-0.2, -0.15) is 13.2 Å². The summed E-state index contributed by atoms with van der Waals surface area (Å²) in [5.74, 6) is -1.38. The Kier molecular flexibility index (Phi) is 8.86. The van der Waals surface area contributed by atoms with E-state index in [-0.39, 0.29) is 12.1 Å². The van der Waals surface area contributed by atoms with Crippen molar-refractivity contribution in [2.45, 2.75) is 45.5 Å². The first kappa shape index (κ1) is 28.8. The molecule has 206 valence electrons. The number of benzene rings is 1. The van der Waals surface area contributed by atoms with Gasteiger partial charge in [0.1, 0.15) is 17.6 Å². The van der Waals surface area contributed by atoms with Crippen molar-refractivity contribution in [2.24, 2.45) is 0 Å². The number of cyclic esters (lactones) is 1. The summed E-state index contributed by atoms with van der Waals surface area (Å²) >= 11 is 6.56. The predicted octanol–water partition coefficient (Wildman–Crippen LogP) is 4.51. The van der Waals surface area contributed by atoms with Gasteiger partial charge < -0.3 is 29.8 Å². The Balaban J connectivity index is 0.000000505. The lowest BCUT2D eigenvalue weighted by Gasteiger charge is -2.21. The molecule has 0 saturated carbocycles. The van der Waals surface area contributed by atoms with Crippen LogP contribution in [0.5, 0.6) is 5.75 Å². The van der Waals surface area contributed by atoms with Crippen LogP contribution in [0.2, 0.25) is 5.02 Å². The molecule has 1 unspecified atom stereocenters. The van der Waals surface area contributed by atoms with Gasteiger partial charge in [0.2, 0.25) is 0 Å². The number of H-pyrrole nitrogens is 1. The van der Waals surface area contributed by atoms with E-state index in [1.807, 2.05) is 26.8 Å². The van der Waals surface area contributed by atoms with E-state index >= 15 is 0 Å². The van der Waals surface area contributed by atoms with Gasteiger partial charge in [-0.3, -0.25) is 0 Å². The van der Waals surface area contributed by atoms with Crippen molar-refractivity contribution >= 4 is 40.6 Å². The number of carbonyl (C=O) groups excluding carboxylic acids is 1. The van der Waals surface area contributed by atoms with Gasteiger partial charge in [0.25, 0.3) is 0 Å². The summed E-state index contributed by atoms with van der Waals surface area (Å²) in [5, 5.41) is 11.0. The first-order chi connectivity index (χ1) is 17.8. The van der Waals surface area contributed by atoms with Crippen LogP contribution < -0.4 is 10.1 Å². The van der Waals surface area contributed by atoms with Crippen LogP contribution in [0.4, 0.5) is 23.8 Å². The predicted molar refractivity (Wildman–Crippen MR) is 131 cm³/mol. The lowest BCUT2D eigenvalue weighted by molar-refractivity contribution is -0.192. The standard InChI is InChI=1S/C21H25ClN6O3.C2HF3O2/c1-11(2)28-8-15(31-21(28)29)16-12(3)14(22)7-13(18(16)30-4)5-6-23-19-17-20(25-9-24-17)27-10-26-19;3-2(4,5)1(6)7/h7,9-11,15H,5-6,8H2,1-4H3,(H2,23,24,25,26,27);(H,6,7). The van der Waals surface area contributed by atoms with E-state index in [0.29, 0.717) is 41.7 Å². The third-order valence-electron chi connectivity index (χ3n) is 5.74. The van der Waals surface area contributed by atoms with Crippen molar-refractivity contribution in [2.75, 3.05) is 25.5 Å². The van der Waals surface area contributed by atoms with Crippen LogP contribution in [0.1, 0.15) is 36.6 Å². The molecule has 1 fully saturated rings. The molecule has 11 nitrogen and oxygen atoms in total. The Labute approximate surface area is 220 Å². The average Bonchev–Trinajstić information content (AvgIpc) is 3.47. The zero-order valence-corrected chi connectivity index (χ0v) is 21.6. The zero-order valence-electron chi connectivity index (χ0n) is 20.9. The second kappa shape index (κ2) is 11.7. The van der Waals surface area contributed by atoms with E-state index in [2.05, 4.69) is 25.3 Å². The number of nitrogens with one attached hydrogen (secondary N) is 2. The number of hydrogen-bond donors (Lipinski definition) is 3. The highest BCUT2D eigenvalue weighted by atomic mass is 35.5. The molecule has 1 aliphatic rings. The van der Waals surface area contributed by atoms with Crippen LogP contribution >= 0.6 is 11.6 Å². The third kappa shape index (κ3) is 6.36. The molecule has 0 bridgehead atoms. The number of fused-ring (bicyclic) bond motifs is 1. The van der Waals surface area contributed by atoms with Crippen LogP contribution in [0, 0.1) is 6.92 Å². The van der Waals surface area contributed by atoms with Crippen LogP contribution in [-0.2, 0) is 16.0 Å². The number of methoxy groups -OCH3 is 1. The maximum absolute atomic E-state index is 12.3. The Morgan fingerprint density at radius 1 is 1.37 bits per heavy atom. The molecule has 0 aliphatic carbocycles. The number of amides is 1. The molecular weight excluding hydrogens is 533 g/mol. The molecule has 3 N–H and O–H groups in total. The summed E-state index contributed by atoms with van der Waals surface area (Å²) in [6, 6.07) is 1.96. The van der Waals surface area contributed by atoms with Gasteiger partial charge in [0.15, 0.2) is 17.6 Å². The maximum Gasteiger partial charge on any atom is 0.490 e. The zero-order chi connectivity index (χ0) is 28.2. The number of aliphatic carboxylic acids is 1. The van der Waals surface area contributed by atoms with Gasteiger partial charge in [-0.05, 0) is 44.4 Å². The number of alkyl halides is 3. The van der Waals surface area contributed by atoms with E-state index in [1.165, 1.54) is 6.33 Å². The van der Waals surface area contributed by atoms with E-state index in [1.54, 1.807) is 18.3 Å². The van der Waals surface area contributed by atoms with Crippen molar-refractivity contribution in [3.05, 3.63) is 40.4 Å². The number of nitrogens with zero attached hydrogens (tertiary/aromatic N) is 4. The van der Waals surface area contributed by atoms with Crippen molar-refractivity contribution in [1.82, 2.24) is 24.8 Å². The van der Waals surface area contributed by atoms with Crippen LogP contribution in [0.25, 0.3) is 11.2 Å². The summed E-state index contributed by atoms with van der Waals surface area (Å²) in [4.78, 5) is 38.5. The number of carboxylic acids is 1. The number of imidazole rings is 1. The lowest BCUT2D eigenvalue weighted by atomic mass is 9.96. The quantitative estimate of drug-likeness (QED) is 0.381. The Bertz CT molecular complexity index is 1320. The molecule has 4 rings (SSSR count). The van der Waals surface area contributed by atoms with Crippen molar-refractivity contribution < 1.29 is 37.3 Å². The van der Waals surface area contributed by atoms with E-state index in [4.69, 9.17) is 31.0 Å². The van der Waals surface area contributed by atoms with E-state index in [0.717, 1.165) is 22.2 Å². The molecule has 2 aromatic heterocycles. The molecule has 3 aromatic rings. The first-order valence-corrected chi connectivity index (χ1v) is 11.7. The SMILES string of the molecule is COc1c(CCNc2ncnc3nc[nH]c23)cc(Cl)c(C)c1C1CN(C(C)C)C(=O)O1.O=C(O)C(F)(F)F. The second-order valence-electron chi connectivity index (χ2n) is 8.51. The largest absolute Gasteiger partial charge is 0.496 e. The van der Waals surface area contributed by atoms with Gasteiger partial charge in [0.05, 0.1) is 20.0 Å². The second-order valence-corrected chi connectivity index (χ2v) is 8.92. The highest BCUT2D eigenvalue weighted by Gasteiger charge is 2.38. The summed E-state index contributed by atoms with van der Waals surface area (Å²) < 4.78 is 43.2. The molecule has 1 amide bonds. The summed E-state index contributed by atoms with van der Waals surface area (Å²) in [7, 11) is 1.62. The fourth-order valence-corrected chi connectivity index (χ4v) is 4.11. The van der Waals surface area contributed by atoms with Crippen LogP contribution in [0.15, 0.2) is 18.7 Å². The maximum atomic E-state index is 12.3. The molecule has 1 aliphatic heterocycles. The smallest absolute Gasteiger partial charge is 0.490 e. The molecule has 15 heteroatoms. The monoisotopic (exact) mass is 558 g/mol. The van der Waals surface area contributed by atoms with Gasteiger partial charge >= 0.3 is 18.2 Å². The minimum absolute atomic E-state index is 0.0545. The summed E-state index contributed by atoms with van der Waals surface area (Å²) in [5.41, 5.74) is 3.96. The molecule has 3 heterocycles. The summed E-state index contributed by atoms with van der Waals surface area (Å²) in [6.07, 6.45) is -2.14. The Morgan fingerprint density at radius 3 is 2.63 bits per heavy atom. The lowest BCUT2D eigenvalue weighted by Crippen LogP contribution is -2.31. The number of carboxylic acid groups (broad SMARTS) is 1. The van der Waals surface area contributed by atoms with Crippen LogP contribution in [0.3, 0.4) is 0 Å². The fourth-order valence-electron chi connectivity index (χ4n) is 3.88. The van der Waals surface area contributed by atoms with Gasteiger partial charge in [-0.15, -0.1) is 0 Å². The first-order valence-electron chi connectivity index (χ1n) is 11.4. The summed E-state index contributed by atoms with van der Waals surface area (Å²) in [6.45, 7) is 6.90.